The number of ether oxygens (including phenoxy) is 1. The molecule has 2 aliphatic rings. The van der Waals surface area contributed by atoms with Crippen LogP contribution in [0.5, 0.6) is 0 Å². The summed E-state index contributed by atoms with van der Waals surface area (Å²) in [4.78, 5) is 9.36. The third-order valence-corrected chi connectivity index (χ3v) is 4.05. The minimum Gasteiger partial charge on any atom is -0.367 e. The van der Waals surface area contributed by atoms with E-state index in [0.29, 0.717) is 0 Å². The van der Waals surface area contributed by atoms with E-state index in [1.165, 1.54) is 24.8 Å². The Balaban J connectivity index is 1.94. The molecule has 1 saturated carbocycles. The van der Waals surface area contributed by atoms with Crippen molar-refractivity contribution in [3.63, 3.8) is 0 Å². The van der Waals surface area contributed by atoms with Gasteiger partial charge in [0.15, 0.2) is 5.82 Å². The lowest BCUT2D eigenvalue weighted by molar-refractivity contribution is -0.0768. The fourth-order valence-electron chi connectivity index (χ4n) is 3.11. The topological polar surface area (TPSA) is 47.0 Å². The zero-order chi connectivity index (χ0) is 12.4. The molecule has 0 saturated heterocycles. The zero-order valence-corrected chi connectivity index (χ0v) is 11.0. The zero-order valence-electron chi connectivity index (χ0n) is 11.0. The molecule has 0 bridgehead atoms. The molecule has 1 aromatic heterocycles. The first-order valence-electron chi connectivity index (χ1n) is 7.04. The van der Waals surface area contributed by atoms with E-state index in [2.05, 4.69) is 17.2 Å². The largest absolute Gasteiger partial charge is 0.367 e. The monoisotopic (exact) mass is 247 g/mol. The maximum Gasteiger partial charge on any atom is 0.160 e. The maximum absolute atomic E-state index is 6.07. The number of nitrogens with one attached hydrogen (secondary N) is 1. The van der Waals surface area contributed by atoms with E-state index in [0.717, 1.165) is 44.1 Å². The lowest BCUT2D eigenvalue weighted by Gasteiger charge is -2.35. The van der Waals surface area contributed by atoms with Gasteiger partial charge in [0.25, 0.3) is 0 Å². The molecule has 1 fully saturated rings. The van der Waals surface area contributed by atoms with E-state index in [9.17, 15) is 0 Å². The van der Waals surface area contributed by atoms with Crippen molar-refractivity contribution in [1.82, 2.24) is 15.3 Å². The van der Waals surface area contributed by atoms with Crippen molar-refractivity contribution in [3.8, 4) is 0 Å². The van der Waals surface area contributed by atoms with Crippen molar-refractivity contribution in [1.29, 1.82) is 0 Å². The summed E-state index contributed by atoms with van der Waals surface area (Å²) in [7, 11) is 0. The summed E-state index contributed by atoms with van der Waals surface area (Å²) >= 11 is 0. The molecule has 0 spiro atoms. The van der Waals surface area contributed by atoms with Crippen molar-refractivity contribution >= 4 is 0 Å². The van der Waals surface area contributed by atoms with Crippen LogP contribution in [0.25, 0.3) is 0 Å². The van der Waals surface area contributed by atoms with Gasteiger partial charge in [0.1, 0.15) is 5.60 Å². The molecule has 2 heterocycles. The molecular formula is C14H21N3O. The molecule has 1 N–H and O–H groups in total. The van der Waals surface area contributed by atoms with Crippen LogP contribution >= 0.6 is 0 Å². The van der Waals surface area contributed by atoms with Gasteiger partial charge < -0.3 is 10.1 Å². The van der Waals surface area contributed by atoms with E-state index in [1.807, 2.05) is 6.20 Å². The standard InChI is InChI=1S/C14H21N3O/c1-2-18-14(6-4-3-5-7-14)13-16-9-11-8-15-10-12(11)17-13/h9,15H,2-8,10H2,1H3. The molecule has 1 aliphatic heterocycles. The van der Waals surface area contributed by atoms with Gasteiger partial charge in [0.2, 0.25) is 0 Å². The number of rotatable bonds is 3. The van der Waals surface area contributed by atoms with Gasteiger partial charge in [0, 0.05) is 31.5 Å². The quantitative estimate of drug-likeness (QED) is 0.890. The predicted molar refractivity (Wildman–Crippen MR) is 69.0 cm³/mol. The Bertz CT molecular complexity index is 422. The Morgan fingerprint density at radius 2 is 2.11 bits per heavy atom. The number of fused-ring (bicyclic) bond motifs is 1. The second kappa shape index (κ2) is 4.94. The van der Waals surface area contributed by atoms with E-state index in [4.69, 9.17) is 9.72 Å². The number of hydrogen-bond donors (Lipinski definition) is 1. The molecule has 3 rings (SSSR count). The van der Waals surface area contributed by atoms with Crippen LogP contribution in [0.2, 0.25) is 0 Å². The molecule has 0 aromatic carbocycles. The Morgan fingerprint density at radius 3 is 2.89 bits per heavy atom. The normalized spacial score (nSPS) is 21.8. The van der Waals surface area contributed by atoms with Crippen molar-refractivity contribution in [2.24, 2.45) is 0 Å². The average Bonchev–Trinajstić information content (AvgIpc) is 2.87. The summed E-state index contributed by atoms with van der Waals surface area (Å²) in [6.07, 6.45) is 7.85. The highest BCUT2D eigenvalue weighted by molar-refractivity contribution is 5.23. The van der Waals surface area contributed by atoms with Gasteiger partial charge >= 0.3 is 0 Å². The Hall–Kier alpha value is -1.00. The van der Waals surface area contributed by atoms with E-state index in [-0.39, 0.29) is 5.60 Å². The predicted octanol–water partition coefficient (Wildman–Crippen LogP) is 2.28. The maximum atomic E-state index is 6.07. The van der Waals surface area contributed by atoms with Crippen molar-refractivity contribution < 1.29 is 4.74 Å². The number of hydrogen-bond acceptors (Lipinski definition) is 4. The van der Waals surface area contributed by atoms with Gasteiger partial charge in [-0.3, -0.25) is 0 Å². The minimum absolute atomic E-state index is 0.218. The van der Waals surface area contributed by atoms with Gasteiger partial charge in [-0.1, -0.05) is 19.3 Å². The molecule has 0 amide bonds. The summed E-state index contributed by atoms with van der Waals surface area (Å²) < 4.78 is 6.07. The van der Waals surface area contributed by atoms with Gasteiger partial charge in [-0.15, -0.1) is 0 Å². The van der Waals surface area contributed by atoms with E-state index >= 15 is 0 Å². The fourth-order valence-corrected chi connectivity index (χ4v) is 3.11. The third-order valence-electron chi connectivity index (χ3n) is 4.05. The Kier molecular flexibility index (Phi) is 3.31. The van der Waals surface area contributed by atoms with Crippen LogP contribution in [0.15, 0.2) is 6.20 Å². The Labute approximate surface area is 108 Å². The van der Waals surface area contributed by atoms with Gasteiger partial charge in [-0.25, -0.2) is 9.97 Å². The molecular weight excluding hydrogens is 226 g/mol. The molecule has 18 heavy (non-hydrogen) atoms. The van der Waals surface area contributed by atoms with Crippen LogP contribution < -0.4 is 5.32 Å². The van der Waals surface area contributed by atoms with Gasteiger partial charge in [0.05, 0.1) is 5.69 Å². The number of nitrogens with zero attached hydrogens (tertiary/aromatic N) is 2. The summed E-state index contributed by atoms with van der Waals surface area (Å²) in [5, 5.41) is 3.32. The SMILES string of the molecule is CCOC1(c2ncc3c(n2)CNC3)CCCCC1. The Morgan fingerprint density at radius 1 is 1.28 bits per heavy atom. The minimum atomic E-state index is -0.218. The van der Waals surface area contributed by atoms with Crippen molar-refractivity contribution in [2.45, 2.75) is 57.7 Å². The molecule has 0 atom stereocenters. The van der Waals surface area contributed by atoms with Crippen LogP contribution in [0.3, 0.4) is 0 Å². The summed E-state index contributed by atoms with van der Waals surface area (Å²) in [5.74, 6) is 0.909. The molecule has 0 radical (unpaired) electrons. The molecule has 0 unspecified atom stereocenters. The molecule has 4 heteroatoms. The highest BCUT2D eigenvalue weighted by Gasteiger charge is 2.37. The molecule has 4 nitrogen and oxygen atoms in total. The van der Waals surface area contributed by atoms with Crippen LogP contribution in [-0.2, 0) is 23.4 Å². The third kappa shape index (κ3) is 2.04. The second-order valence-corrected chi connectivity index (χ2v) is 5.26. The van der Waals surface area contributed by atoms with Crippen LogP contribution in [0.4, 0.5) is 0 Å². The smallest absolute Gasteiger partial charge is 0.160 e. The molecule has 1 aliphatic carbocycles. The van der Waals surface area contributed by atoms with Crippen LogP contribution in [0.1, 0.15) is 56.1 Å². The van der Waals surface area contributed by atoms with Gasteiger partial charge in [-0.2, -0.15) is 0 Å². The van der Waals surface area contributed by atoms with Crippen molar-refractivity contribution in [2.75, 3.05) is 6.61 Å². The number of aromatic nitrogens is 2. The summed E-state index contributed by atoms with van der Waals surface area (Å²) in [6.45, 7) is 4.56. The van der Waals surface area contributed by atoms with E-state index in [1.54, 1.807) is 0 Å². The average molecular weight is 247 g/mol. The highest BCUT2D eigenvalue weighted by atomic mass is 16.5. The summed E-state index contributed by atoms with van der Waals surface area (Å²) in [6, 6.07) is 0. The van der Waals surface area contributed by atoms with Gasteiger partial charge in [-0.05, 0) is 19.8 Å². The lowest BCUT2D eigenvalue weighted by atomic mass is 9.83. The van der Waals surface area contributed by atoms with Crippen molar-refractivity contribution in [3.05, 3.63) is 23.3 Å². The fraction of sp³-hybridized carbons (Fsp3) is 0.714. The lowest BCUT2D eigenvalue weighted by Crippen LogP contribution is -2.34. The second-order valence-electron chi connectivity index (χ2n) is 5.26. The first-order valence-corrected chi connectivity index (χ1v) is 7.04. The highest BCUT2D eigenvalue weighted by Crippen LogP contribution is 2.39. The first kappa shape index (κ1) is 12.1. The van der Waals surface area contributed by atoms with E-state index < -0.39 is 0 Å². The summed E-state index contributed by atoms with van der Waals surface area (Å²) in [5.41, 5.74) is 2.18. The molecule has 98 valence electrons. The van der Waals surface area contributed by atoms with Crippen LogP contribution in [-0.4, -0.2) is 16.6 Å². The molecule has 1 aromatic rings. The van der Waals surface area contributed by atoms with Crippen LogP contribution in [0, 0.1) is 0 Å². The first-order chi connectivity index (χ1) is 8.84.